The van der Waals surface area contributed by atoms with E-state index in [4.69, 9.17) is 9.47 Å². The third-order valence-corrected chi connectivity index (χ3v) is 4.74. The highest BCUT2D eigenvalue weighted by molar-refractivity contribution is 5.95. The van der Waals surface area contributed by atoms with Crippen molar-refractivity contribution in [1.29, 1.82) is 0 Å². The van der Waals surface area contributed by atoms with Crippen LogP contribution >= 0.6 is 0 Å². The fraction of sp³-hybridized carbons (Fsp3) is 0.381. The molecule has 0 aromatic heterocycles. The molecular formula is C21H26N2O3. The zero-order chi connectivity index (χ0) is 18.4. The fourth-order valence-electron chi connectivity index (χ4n) is 3.40. The molecule has 1 aliphatic heterocycles. The van der Waals surface area contributed by atoms with Gasteiger partial charge in [0.2, 0.25) is 0 Å². The van der Waals surface area contributed by atoms with Crippen molar-refractivity contribution in [3.05, 3.63) is 59.7 Å². The molecule has 138 valence electrons. The van der Waals surface area contributed by atoms with Gasteiger partial charge in [-0.25, -0.2) is 0 Å². The lowest BCUT2D eigenvalue weighted by atomic mass is 10.0. The summed E-state index contributed by atoms with van der Waals surface area (Å²) in [7, 11) is 3.16. The Kier molecular flexibility index (Phi) is 6.12. The molecule has 1 heterocycles. The third-order valence-electron chi connectivity index (χ3n) is 4.74. The number of piperidine rings is 1. The van der Waals surface area contributed by atoms with Crippen LogP contribution in [0.15, 0.2) is 48.5 Å². The van der Waals surface area contributed by atoms with Crippen LogP contribution in [-0.4, -0.2) is 44.2 Å². The summed E-state index contributed by atoms with van der Waals surface area (Å²) in [6, 6.07) is 15.9. The van der Waals surface area contributed by atoms with Gasteiger partial charge in [0, 0.05) is 24.7 Å². The number of hydrogen-bond donors (Lipinski definition) is 1. The largest absolute Gasteiger partial charge is 0.493 e. The molecule has 1 fully saturated rings. The number of likely N-dealkylation sites (tertiary alicyclic amines) is 1. The summed E-state index contributed by atoms with van der Waals surface area (Å²) in [5.74, 6) is 1.11. The van der Waals surface area contributed by atoms with Crippen molar-refractivity contribution in [2.24, 2.45) is 0 Å². The van der Waals surface area contributed by atoms with E-state index in [0.29, 0.717) is 17.1 Å². The molecule has 1 N–H and O–H groups in total. The first kappa shape index (κ1) is 18.3. The average molecular weight is 354 g/mol. The molecule has 5 heteroatoms. The lowest BCUT2D eigenvalue weighted by molar-refractivity contribution is 0.0900. The molecule has 1 aliphatic rings. The average Bonchev–Trinajstić information content (AvgIpc) is 2.68. The smallest absolute Gasteiger partial charge is 0.251 e. The zero-order valence-electron chi connectivity index (χ0n) is 15.4. The number of nitrogens with zero attached hydrogens (tertiary/aromatic N) is 1. The summed E-state index contributed by atoms with van der Waals surface area (Å²) in [5, 5.41) is 3.16. The summed E-state index contributed by atoms with van der Waals surface area (Å²) < 4.78 is 10.5. The predicted octanol–water partition coefficient (Wildman–Crippen LogP) is 3.10. The molecular weight excluding hydrogens is 328 g/mol. The maximum Gasteiger partial charge on any atom is 0.251 e. The van der Waals surface area contributed by atoms with Gasteiger partial charge in [0.25, 0.3) is 5.91 Å². The van der Waals surface area contributed by atoms with Crippen LogP contribution in [0.4, 0.5) is 0 Å². The summed E-state index contributed by atoms with van der Waals surface area (Å²) in [4.78, 5) is 15.0. The minimum absolute atomic E-state index is 0.0717. The Labute approximate surface area is 154 Å². The van der Waals surface area contributed by atoms with Crippen molar-refractivity contribution in [3.63, 3.8) is 0 Å². The molecule has 0 spiro atoms. The molecule has 1 saturated heterocycles. The molecule has 2 aromatic rings. The molecule has 1 atom stereocenters. The van der Waals surface area contributed by atoms with Crippen LogP contribution in [0, 0.1) is 0 Å². The third kappa shape index (κ3) is 4.55. The van der Waals surface area contributed by atoms with Crippen LogP contribution in [0.1, 0.15) is 28.8 Å². The van der Waals surface area contributed by atoms with Crippen LogP contribution < -0.4 is 14.8 Å². The zero-order valence-corrected chi connectivity index (χ0v) is 15.4. The van der Waals surface area contributed by atoms with Gasteiger partial charge in [-0.3, -0.25) is 9.69 Å². The molecule has 1 amide bonds. The minimum atomic E-state index is -0.0717. The van der Waals surface area contributed by atoms with Gasteiger partial charge < -0.3 is 14.8 Å². The van der Waals surface area contributed by atoms with E-state index >= 15 is 0 Å². The van der Waals surface area contributed by atoms with E-state index in [2.05, 4.69) is 34.5 Å². The molecule has 0 radical (unpaired) electrons. The number of amides is 1. The highest BCUT2D eigenvalue weighted by Crippen LogP contribution is 2.27. The molecule has 5 nitrogen and oxygen atoms in total. The van der Waals surface area contributed by atoms with E-state index in [0.717, 1.165) is 32.5 Å². The Morgan fingerprint density at radius 2 is 1.88 bits per heavy atom. The van der Waals surface area contributed by atoms with E-state index in [1.165, 1.54) is 5.56 Å². The van der Waals surface area contributed by atoms with Gasteiger partial charge in [0.15, 0.2) is 11.5 Å². The Morgan fingerprint density at radius 3 is 2.62 bits per heavy atom. The van der Waals surface area contributed by atoms with Crippen LogP contribution in [0.5, 0.6) is 11.5 Å². The molecule has 0 unspecified atom stereocenters. The molecule has 0 saturated carbocycles. The van der Waals surface area contributed by atoms with Gasteiger partial charge in [-0.15, -0.1) is 0 Å². The van der Waals surface area contributed by atoms with Gasteiger partial charge >= 0.3 is 0 Å². The van der Waals surface area contributed by atoms with Gasteiger partial charge in [-0.2, -0.15) is 0 Å². The van der Waals surface area contributed by atoms with Crippen LogP contribution in [0.3, 0.4) is 0 Å². The van der Waals surface area contributed by atoms with Gasteiger partial charge in [0.1, 0.15) is 0 Å². The first-order valence-corrected chi connectivity index (χ1v) is 8.98. The van der Waals surface area contributed by atoms with E-state index < -0.39 is 0 Å². The lowest BCUT2D eigenvalue weighted by Gasteiger charge is -2.33. The summed E-state index contributed by atoms with van der Waals surface area (Å²) >= 11 is 0. The maximum absolute atomic E-state index is 12.6. The summed E-state index contributed by atoms with van der Waals surface area (Å²) in [6.07, 6.45) is 2.09. The van der Waals surface area contributed by atoms with Gasteiger partial charge in [-0.05, 0) is 43.1 Å². The Hall–Kier alpha value is -2.53. The Balaban J connectivity index is 1.60. The second kappa shape index (κ2) is 8.72. The highest BCUT2D eigenvalue weighted by atomic mass is 16.5. The predicted molar refractivity (Wildman–Crippen MR) is 102 cm³/mol. The standard InChI is InChI=1S/C21H26N2O3/c1-25-19-11-10-17(13-20(19)26-2)21(24)22-18-9-6-12-23(15-18)14-16-7-4-3-5-8-16/h3-5,7-8,10-11,13,18H,6,9,12,14-15H2,1-2H3,(H,22,24)/t18-/m1/s1. The first-order valence-electron chi connectivity index (χ1n) is 8.98. The second-order valence-corrected chi connectivity index (χ2v) is 6.60. The first-order chi connectivity index (χ1) is 12.7. The van der Waals surface area contributed by atoms with Crippen LogP contribution in [0.2, 0.25) is 0 Å². The van der Waals surface area contributed by atoms with E-state index in [9.17, 15) is 4.79 Å². The van der Waals surface area contributed by atoms with E-state index in [1.807, 2.05) is 6.07 Å². The molecule has 2 aromatic carbocycles. The molecule has 26 heavy (non-hydrogen) atoms. The van der Waals surface area contributed by atoms with Gasteiger partial charge in [0.05, 0.1) is 14.2 Å². The van der Waals surface area contributed by atoms with E-state index in [-0.39, 0.29) is 11.9 Å². The quantitative estimate of drug-likeness (QED) is 0.866. The van der Waals surface area contributed by atoms with Crippen molar-refractivity contribution in [2.75, 3.05) is 27.3 Å². The Morgan fingerprint density at radius 1 is 1.12 bits per heavy atom. The van der Waals surface area contributed by atoms with Crippen LogP contribution in [0.25, 0.3) is 0 Å². The number of methoxy groups -OCH3 is 2. The van der Waals surface area contributed by atoms with Gasteiger partial charge in [-0.1, -0.05) is 30.3 Å². The van der Waals surface area contributed by atoms with Crippen molar-refractivity contribution in [3.8, 4) is 11.5 Å². The number of carbonyl (C=O) groups is 1. The van der Waals surface area contributed by atoms with Crippen LogP contribution in [-0.2, 0) is 6.54 Å². The van der Waals surface area contributed by atoms with Crippen molar-refractivity contribution in [1.82, 2.24) is 10.2 Å². The van der Waals surface area contributed by atoms with E-state index in [1.54, 1.807) is 32.4 Å². The SMILES string of the molecule is COc1ccc(C(=O)N[C@@H]2CCCN(Cc3ccccc3)C2)cc1OC. The summed E-state index contributed by atoms with van der Waals surface area (Å²) in [5.41, 5.74) is 1.89. The Bertz CT molecular complexity index is 733. The molecule has 3 rings (SSSR count). The summed E-state index contributed by atoms with van der Waals surface area (Å²) in [6.45, 7) is 2.86. The fourth-order valence-corrected chi connectivity index (χ4v) is 3.40. The number of carbonyl (C=O) groups excluding carboxylic acids is 1. The monoisotopic (exact) mass is 354 g/mol. The van der Waals surface area contributed by atoms with Crippen molar-refractivity contribution in [2.45, 2.75) is 25.4 Å². The van der Waals surface area contributed by atoms with Crippen molar-refractivity contribution >= 4 is 5.91 Å². The number of nitrogens with one attached hydrogen (secondary N) is 1. The molecule has 0 bridgehead atoms. The molecule has 0 aliphatic carbocycles. The maximum atomic E-state index is 12.6. The number of benzene rings is 2. The normalized spacial score (nSPS) is 17.5. The number of rotatable bonds is 6. The minimum Gasteiger partial charge on any atom is -0.493 e. The van der Waals surface area contributed by atoms with Crippen molar-refractivity contribution < 1.29 is 14.3 Å². The topological polar surface area (TPSA) is 50.8 Å². The number of ether oxygens (including phenoxy) is 2. The second-order valence-electron chi connectivity index (χ2n) is 6.60. The highest BCUT2D eigenvalue weighted by Gasteiger charge is 2.22. The lowest BCUT2D eigenvalue weighted by Crippen LogP contribution is -2.47. The number of hydrogen-bond acceptors (Lipinski definition) is 4.